The van der Waals surface area contributed by atoms with Gasteiger partial charge in [-0.25, -0.2) is 0 Å². The van der Waals surface area contributed by atoms with Gasteiger partial charge >= 0.3 is 0 Å². The van der Waals surface area contributed by atoms with Crippen LogP contribution in [0.25, 0.3) is 0 Å². The van der Waals surface area contributed by atoms with Crippen molar-refractivity contribution in [3.63, 3.8) is 0 Å². The van der Waals surface area contributed by atoms with E-state index < -0.39 is 0 Å². The fraction of sp³-hybridized carbons (Fsp3) is 0.765. The molecule has 0 N–H and O–H groups in total. The van der Waals surface area contributed by atoms with Gasteiger partial charge in [-0.05, 0) is 37.8 Å². The third-order valence-corrected chi connectivity index (χ3v) is 3.82. The maximum Gasteiger partial charge on any atom is 0.274 e. The van der Waals surface area contributed by atoms with E-state index in [1.807, 2.05) is 12.2 Å². The molecule has 0 aromatic rings. The molecule has 2 saturated heterocycles. The van der Waals surface area contributed by atoms with Gasteiger partial charge in [0.25, 0.3) is 11.9 Å². The molecule has 120 valence electrons. The number of unbranched alkanes of at least 4 members (excludes halogenated alkanes) is 4. The topological polar surface area (TPSA) is 36.9 Å². The Hall–Kier alpha value is -1.32. The second kappa shape index (κ2) is 8.20. The van der Waals surface area contributed by atoms with Gasteiger partial charge in [-0.1, -0.05) is 26.7 Å². The molecule has 2 rings (SSSR count). The van der Waals surface area contributed by atoms with E-state index in [0.29, 0.717) is 38.3 Å². The zero-order chi connectivity index (χ0) is 15.0. The maximum absolute atomic E-state index is 5.71. The number of rotatable bonds is 6. The Morgan fingerprint density at radius 2 is 1.14 bits per heavy atom. The third-order valence-electron chi connectivity index (χ3n) is 3.82. The summed E-state index contributed by atoms with van der Waals surface area (Å²) in [6.07, 6.45) is 10.8. The molecule has 0 aliphatic carbocycles. The molecule has 0 radical (unpaired) electrons. The molecule has 21 heavy (non-hydrogen) atoms. The molecule has 0 amide bonds. The Bertz CT molecular complexity index is 313. The molecule has 2 aliphatic rings. The Morgan fingerprint density at radius 3 is 1.48 bits per heavy atom. The first-order chi connectivity index (χ1) is 10.3. The van der Waals surface area contributed by atoms with E-state index in [1.54, 1.807) is 0 Å². The average molecular weight is 296 g/mol. The molecule has 0 bridgehead atoms. The highest BCUT2D eigenvalue weighted by Crippen LogP contribution is 2.32. The van der Waals surface area contributed by atoms with Crippen LogP contribution in [0.1, 0.15) is 52.4 Å². The molecular formula is C17H28O4. The van der Waals surface area contributed by atoms with Gasteiger partial charge in [-0.2, -0.15) is 0 Å². The summed E-state index contributed by atoms with van der Waals surface area (Å²) in [5, 5.41) is 0. The lowest BCUT2D eigenvalue weighted by molar-refractivity contribution is -0.185. The number of hydrogen-bond acceptors (Lipinski definition) is 4. The molecule has 2 fully saturated rings. The number of ether oxygens (including phenoxy) is 4. The molecular weight excluding hydrogens is 268 g/mol. The molecule has 2 heterocycles. The summed E-state index contributed by atoms with van der Waals surface area (Å²) in [7, 11) is 0. The number of allylic oxidation sites excluding steroid dienone is 2. The number of hydrogen-bond donors (Lipinski definition) is 0. The van der Waals surface area contributed by atoms with E-state index in [4.69, 9.17) is 18.9 Å². The molecule has 1 spiro atoms. The Kier molecular flexibility index (Phi) is 6.27. The minimum absolute atomic E-state index is 0.163. The molecule has 0 aromatic carbocycles. The van der Waals surface area contributed by atoms with Gasteiger partial charge in [0.2, 0.25) is 0 Å². The normalized spacial score (nSPS) is 24.7. The molecule has 0 atom stereocenters. The van der Waals surface area contributed by atoms with Crippen LogP contribution in [0, 0.1) is 5.41 Å². The van der Waals surface area contributed by atoms with E-state index in [2.05, 4.69) is 13.8 Å². The van der Waals surface area contributed by atoms with Crippen LogP contribution in [0.5, 0.6) is 0 Å². The van der Waals surface area contributed by atoms with Crippen LogP contribution in [-0.4, -0.2) is 26.4 Å². The Labute approximate surface area is 128 Å². The van der Waals surface area contributed by atoms with Crippen molar-refractivity contribution in [2.75, 3.05) is 26.4 Å². The second-order valence-electron chi connectivity index (χ2n) is 5.99. The first kappa shape index (κ1) is 16.1. The quantitative estimate of drug-likeness (QED) is 0.691. The zero-order valence-electron chi connectivity index (χ0n) is 13.4. The smallest absolute Gasteiger partial charge is 0.274 e. The van der Waals surface area contributed by atoms with Crippen molar-refractivity contribution in [1.29, 1.82) is 0 Å². The van der Waals surface area contributed by atoms with Crippen molar-refractivity contribution in [3.05, 3.63) is 24.0 Å². The van der Waals surface area contributed by atoms with Crippen molar-refractivity contribution in [3.8, 4) is 0 Å². The molecule has 0 unspecified atom stereocenters. The van der Waals surface area contributed by atoms with Crippen molar-refractivity contribution >= 4 is 0 Å². The van der Waals surface area contributed by atoms with Gasteiger partial charge in [0.05, 0.1) is 0 Å². The highest BCUT2D eigenvalue weighted by molar-refractivity contribution is 4.96. The zero-order valence-corrected chi connectivity index (χ0v) is 13.4. The standard InChI is InChI=1S/C17H28O4/c1-3-5-7-9-15-18-11-17(12-19-15)13-20-16(21-14-17)10-8-6-4-2/h9-10H,3-8,11-14H2,1-2H3. The largest absolute Gasteiger partial charge is 0.465 e. The van der Waals surface area contributed by atoms with Gasteiger partial charge in [-0.15, -0.1) is 0 Å². The maximum atomic E-state index is 5.71. The van der Waals surface area contributed by atoms with Crippen LogP contribution in [0.2, 0.25) is 0 Å². The van der Waals surface area contributed by atoms with E-state index >= 15 is 0 Å². The van der Waals surface area contributed by atoms with Crippen molar-refractivity contribution in [1.82, 2.24) is 0 Å². The lowest BCUT2D eigenvalue weighted by atomic mass is 9.91. The highest BCUT2D eigenvalue weighted by Gasteiger charge is 2.41. The fourth-order valence-corrected chi connectivity index (χ4v) is 2.31. The predicted molar refractivity (Wildman–Crippen MR) is 81.5 cm³/mol. The second-order valence-corrected chi connectivity index (χ2v) is 5.99. The van der Waals surface area contributed by atoms with Gasteiger partial charge in [-0.3, -0.25) is 0 Å². The van der Waals surface area contributed by atoms with Gasteiger partial charge in [0.1, 0.15) is 31.8 Å². The lowest BCUT2D eigenvalue weighted by Crippen LogP contribution is -2.46. The van der Waals surface area contributed by atoms with Crippen LogP contribution in [0.4, 0.5) is 0 Å². The fourth-order valence-electron chi connectivity index (χ4n) is 2.31. The van der Waals surface area contributed by atoms with Gasteiger partial charge in [0.15, 0.2) is 0 Å². The SMILES string of the molecule is CCCCC=C1OCC2(CO1)COC(=CCCCC)OC2. The minimum Gasteiger partial charge on any atom is -0.465 e. The van der Waals surface area contributed by atoms with E-state index in [-0.39, 0.29) is 5.41 Å². The summed E-state index contributed by atoms with van der Waals surface area (Å²) in [6.45, 7) is 6.78. The van der Waals surface area contributed by atoms with Gasteiger partial charge in [0, 0.05) is 0 Å². The van der Waals surface area contributed by atoms with Crippen LogP contribution >= 0.6 is 0 Å². The molecule has 4 nitrogen and oxygen atoms in total. The van der Waals surface area contributed by atoms with Crippen molar-refractivity contribution in [2.24, 2.45) is 5.41 Å². The third kappa shape index (κ3) is 4.87. The summed E-state index contributed by atoms with van der Waals surface area (Å²) in [4.78, 5) is 0. The van der Waals surface area contributed by atoms with Crippen LogP contribution in [-0.2, 0) is 18.9 Å². The van der Waals surface area contributed by atoms with Crippen LogP contribution in [0.3, 0.4) is 0 Å². The summed E-state index contributed by atoms with van der Waals surface area (Å²) >= 11 is 0. The minimum atomic E-state index is -0.163. The lowest BCUT2D eigenvalue weighted by Gasteiger charge is -2.40. The van der Waals surface area contributed by atoms with E-state index in [0.717, 1.165) is 12.8 Å². The van der Waals surface area contributed by atoms with E-state index in [9.17, 15) is 0 Å². The highest BCUT2D eigenvalue weighted by atomic mass is 16.7. The van der Waals surface area contributed by atoms with Crippen LogP contribution in [0.15, 0.2) is 24.0 Å². The average Bonchev–Trinajstić information content (AvgIpc) is 2.52. The van der Waals surface area contributed by atoms with Gasteiger partial charge < -0.3 is 18.9 Å². The van der Waals surface area contributed by atoms with E-state index in [1.165, 1.54) is 25.7 Å². The Morgan fingerprint density at radius 1 is 0.762 bits per heavy atom. The van der Waals surface area contributed by atoms with Crippen molar-refractivity contribution < 1.29 is 18.9 Å². The summed E-state index contributed by atoms with van der Waals surface area (Å²) < 4.78 is 22.8. The molecule has 0 aromatic heterocycles. The molecule has 4 heteroatoms. The first-order valence-corrected chi connectivity index (χ1v) is 8.19. The summed E-state index contributed by atoms with van der Waals surface area (Å²) in [6, 6.07) is 0. The molecule has 0 saturated carbocycles. The van der Waals surface area contributed by atoms with Crippen molar-refractivity contribution in [2.45, 2.75) is 52.4 Å². The monoisotopic (exact) mass is 296 g/mol. The summed E-state index contributed by atoms with van der Waals surface area (Å²) in [5.74, 6) is 1.33. The molecule has 2 aliphatic heterocycles. The predicted octanol–water partition coefficient (Wildman–Crippen LogP) is 4.13. The summed E-state index contributed by atoms with van der Waals surface area (Å²) in [5.41, 5.74) is -0.163. The first-order valence-electron chi connectivity index (χ1n) is 8.19. The Balaban J connectivity index is 1.75. The van der Waals surface area contributed by atoms with Crippen LogP contribution < -0.4 is 0 Å².